The highest BCUT2D eigenvalue weighted by Gasteiger charge is 1.78. The number of nitrogens with zero attached hydrogens (tertiary/aromatic N) is 1. The Bertz CT molecular complexity index is 76.3. The van der Waals surface area contributed by atoms with Crippen LogP contribution < -0.4 is 5.32 Å². The molecule has 0 atom stereocenters. The van der Waals surface area contributed by atoms with E-state index in [2.05, 4.69) is 5.32 Å². The van der Waals surface area contributed by atoms with Crippen LogP contribution in [0.5, 0.6) is 0 Å². The molecule has 0 fully saturated rings. The van der Waals surface area contributed by atoms with Crippen LogP contribution in [0.4, 0.5) is 0 Å². The highest BCUT2D eigenvalue weighted by molar-refractivity contribution is 4.51. The molecule has 0 heterocycles. The Balaban J connectivity index is 0. The Morgan fingerprint density at radius 2 is 1.60 bits per heavy atom. The number of aliphatic hydroxyl groups excluding tert-OH is 2. The number of hydrogen-bond donors (Lipinski definition) is 3. The van der Waals surface area contributed by atoms with Gasteiger partial charge in [0, 0.05) is 20.0 Å². The topological polar surface area (TPSA) is 76.3 Å². The Hall–Kier alpha value is -0.630. The number of rotatable bonds is 4. The smallest absolute Gasteiger partial charge is 0.0587 e. The van der Waals surface area contributed by atoms with Gasteiger partial charge >= 0.3 is 0 Å². The van der Waals surface area contributed by atoms with E-state index in [0.29, 0.717) is 13.1 Å². The molecule has 0 bridgehead atoms. The van der Waals surface area contributed by atoms with Crippen LogP contribution in [0, 0.1) is 11.3 Å². The lowest BCUT2D eigenvalue weighted by molar-refractivity contribution is 0.267. The van der Waals surface area contributed by atoms with Gasteiger partial charge in [-0.25, -0.2) is 0 Å². The molecular weight excluding hydrogens is 132 g/mol. The van der Waals surface area contributed by atoms with Gasteiger partial charge in [-0.3, -0.25) is 0 Å². The fraction of sp³-hybridized carbons (Fsp3) is 0.833. The van der Waals surface area contributed by atoms with Crippen molar-refractivity contribution in [2.45, 2.75) is 6.92 Å². The average molecular weight is 146 g/mol. The van der Waals surface area contributed by atoms with Crippen LogP contribution in [0.2, 0.25) is 0 Å². The highest BCUT2D eigenvalue weighted by atomic mass is 16.3. The third kappa shape index (κ3) is 26.3. The van der Waals surface area contributed by atoms with Gasteiger partial charge in [-0.05, 0) is 0 Å². The fourth-order valence-corrected chi connectivity index (χ4v) is 0.283. The molecule has 0 rings (SSSR count). The monoisotopic (exact) mass is 146 g/mol. The van der Waals surface area contributed by atoms with Crippen LogP contribution in [0.1, 0.15) is 6.92 Å². The van der Waals surface area contributed by atoms with E-state index in [-0.39, 0.29) is 13.2 Å². The van der Waals surface area contributed by atoms with E-state index in [4.69, 9.17) is 15.5 Å². The fourth-order valence-electron chi connectivity index (χ4n) is 0.283. The molecule has 3 N–H and O–H groups in total. The van der Waals surface area contributed by atoms with E-state index in [0.717, 1.165) is 0 Å². The first-order chi connectivity index (χ1) is 4.83. The summed E-state index contributed by atoms with van der Waals surface area (Å²) in [5, 5.41) is 26.4. The van der Waals surface area contributed by atoms with E-state index in [1.54, 1.807) is 6.07 Å². The molecule has 0 unspecified atom stereocenters. The van der Waals surface area contributed by atoms with Crippen LogP contribution in [-0.4, -0.2) is 36.5 Å². The first kappa shape index (κ1) is 12.1. The molecular formula is C6H14N2O2. The zero-order chi connectivity index (χ0) is 8.24. The molecule has 10 heavy (non-hydrogen) atoms. The standard InChI is InChI=1S/C4H11NO2.C2H3N/c6-3-1-5-2-4-7;1-2-3/h5-7H,1-4H2;1H3. The third-order valence-corrected chi connectivity index (χ3v) is 0.577. The minimum absolute atomic E-state index is 0.139. The van der Waals surface area contributed by atoms with Gasteiger partial charge in [-0.2, -0.15) is 5.26 Å². The largest absolute Gasteiger partial charge is 0.395 e. The lowest BCUT2D eigenvalue weighted by atomic mass is 10.6. The van der Waals surface area contributed by atoms with E-state index < -0.39 is 0 Å². The summed E-state index contributed by atoms with van der Waals surface area (Å²) in [6.07, 6.45) is 0. The predicted molar refractivity (Wildman–Crippen MR) is 38.3 cm³/mol. The zero-order valence-corrected chi connectivity index (χ0v) is 6.17. The molecule has 0 aromatic rings. The van der Waals surface area contributed by atoms with Crippen molar-refractivity contribution in [2.24, 2.45) is 0 Å². The van der Waals surface area contributed by atoms with Crippen molar-refractivity contribution >= 4 is 0 Å². The molecule has 0 aliphatic heterocycles. The van der Waals surface area contributed by atoms with Gasteiger partial charge in [0.15, 0.2) is 0 Å². The minimum Gasteiger partial charge on any atom is -0.395 e. The van der Waals surface area contributed by atoms with Crippen molar-refractivity contribution in [2.75, 3.05) is 26.3 Å². The van der Waals surface area contributed by atoms with Crippen molar-refractivity contribution in [1.29, 1.82) is 5.26 Å². The van der Waals surface area contributed by atoms with Gasteiger partial charge in [-0.1, -0.05) is 0 Å². The molecule has 0 aromatic heterocycles. The second-order valence-corrected chi connectivity index (χ2v) is 1.42. The van der Waals surface area contributed by atoms with Gasteiger partial charge in [0.25, 0.3) is 0 Å². The van der Waals surface area contributed by atoms with Crippen LogP contribution >= 0.6 is 0 Å². The molecule has 0 saturated heterocycles. The number of aliphatic hydroxyl groups is 2. The lowest BCUT2D eigenvalue weighted by Crippen LogP contribution is -2.21. The molecule has 0 radical (unpaired) electrons. The van der Waals surface area contributed by atoms with Gasteiger partial charge in [-0.15, -0.1) is 0 Å². The maximum atomic E-state index is 8.15. The zero-order valence-electron chi connectivity index (χ0n) is 6.17. The van der Waals surface area contributed by atoms with Crippen molar-refractivity contribution in [3.05, 3.63) is 0 Å². The van der Waals surface area contributed by atoms with Gasteiger partial charge in [0.05, 0.1) is 19.3 Å². The molecule has 0 amide bonds. The summed E-state index contributed by atoms with van der Waals surface area (Å²) >= 11 is 0. The maximum absolute atomic E-state index is 8.15. The normalized spacial score (nSPS) is 7.40. The second-order valence-electron chi connectivity index (χ2n) is 1.42. The first-order valence-electron chi connectivity index (χ1n) is 3.06. The van der Waals surface area contributed by atoms with Crippen molar-refractivity contribution in [3.8, 4) is 6.07 Å². The SMILES string of the molecule is CC#N.OCCNCCO. The molecule has 0 spiro atoms. The lowest BCUT2D eigenvalue weighted by Gasteiger charge is -1.94. The summed E-state index contributed by atoms with van der Waals surface area (Å²) in [6.45, 7) is 2.85. The summed E-state index contributed by atoms with van der Waals surface area (Å²) in [5.41, 5.74) is 0. The van der Waals surface area contributed by atoms with Crippen molar-refractivity contribution < 1.29 is 10.2 Å². The summed E-state index contributed by atoms with van der Waals surface area (Å²) in [4.78, 5) is 0. The molecule has 0 aromatic carbocycles. The van der Waals surface area contributed by atoms with Gasteiger partial charge < -0.3 is 15.5 Å². The van der Waals surface area contributed by atoms with Gasteiger partial charge in [0.1, 0.15) is 0 Å². The van der Waals surface area contributed by atoms with Gasteiger partial charge in [0.2, 0.25) is 0 Å². The molecule has 4 heteroatoms. The van der Waals surface area contributed by atoms with E-state index in [1.165, 1.54) is 6.92 Å². The number of nitrogens with one attached hydrogen (secondary N) is 1. The Kier molecular flexibility index (Phi) is 19.1. The third-order valence-electron chi connectivity index (χ3n) is 0.577. The van der Waals surface area contributed by atoms with Crippen LogP contribution in [-0.2, 0) is 0 Å². The minimum atomic E-state index is 0.139. The quantitative estimate of drug-likeness (QED) is 0.449. The maximum Gasteiger partial charge on any atom is 0.0587 e. The predicted octanol–water partition coefficient (Wildman–Crippen LogP) is -0.910. The van der Waals surface area contributed by atoms with E-state index in [9.17, 15) is 0 Å². The summed E-state index contributed by atoms with van der Waals surface area (Å²) in [7, 11) is 0. The highest BCUT2D eigenvalue weighted by Crippen LogP contribution is 1.54. The molecule has 0 aliphatic rings. The number of nitriles is 1. The Morgan fingerprint density at radius 1 is 1.30 bits per heavy atom. The molecule has 4 nitrogen and oxygen atoms in total. The Morgan fingerprint density at radius 3 is 1.80 bits per heavy atom. The molecule has 60 valence electrons. The van der Waals surface area contributed by atoms with Crippen LogP contribution in [0.15, 0.2) is 0 Å². The second kappa shape index (κ2) is 15.8. The molecule has 0 saturated carbocycles. The summed E-state index contributed by atoms with van der Waals surface area (Å²) < 4.78 is 0. The summed E-state index contributed by atoms with van der Waals surface area (Å²) in [5.74, 6) is 0. The first-order valence-corrected chi connectivity index (χ1v) is 3.06. The van der Waals surface area contributed by atoms with Crippen molar-refractivity contribution in [3.63, 3.8) is 0 Å². The average Bonchev–Trinajstić information content (AvgIpc) is 1.91. The Labute approximate surface area is 61.1 Å². The van der Waals surface area contributed by atoms with E-state index >= 15 is 0 Å². The number of hydrogen-bond acceptors (Lipinski definition) is 4. The molecule has 0 aliphatic carbocycles. The van der Waals surface area contributed by atoms with Crippen LogP contribution in [0.25, 0.3) is 0 Å². The summed E-state index contributed by atoms with van der Waals surface area (Å²) in [6, 6.07) is 1.75. The van der Waals surface area contributed by atoms with Crippen LogP contribution in [0.3, 0.4) is 0 Å². The van der Waals surface area contributed by atoms with Crippen molar-refractivity contribution in [1.82, 2.24) is 5.32 Å². The van der Waals surface area contributed by atoms with E-state index in [1.807, 2.05) is 0 Å².